The minimum absolute atomic E-state index is 0.0839. The maximum atomic E-state index is 12.9. The third-order valence-electron chi connectivity index (χ3n) is 6.74. The Morgan fingerprint density at radius 2 is 1.67 bits per heavy atom. The number of amides is 1. The maximum Gasteiger partial charge on any atom is 0.336 e. The van der Waals surface area contributed by atoms with E-state index in [0.29, 0.717) is 19.5 Å². The molecule has 9 N–H and O–H groups in total. The Hall–Kier alpha value is -4.35. The van der Waals surface area contributed by atoms with Crippen molar-refractivity contribution in [2.45, 2.75) is 35.5 Å². The van der Waals surface area contributed by atoms with E-state index in [1.54, 1.807) is 0 Å². The summed E-state index contributed by atoms with van der Waals surface area (Å²) in [7, 11) is -10.3. The van der Waals surface area contributed by atoms with Crippen LogP contribution in [0.1, 0.15) is 31.2 Å². The van der Waals surface area contributed by atoms with Crippen LogP contribution in [0.15, 0.2) is 67.8 Å². The number of aliphatic carboxylic acids is 1. The van der Waals surface area contributed by atoms with Gasteiger partial charge in [0.1, 0.15) is 0 Å². The standard InChI is InChI=1S/C27H28N4O10S2/c28-12-2-1-3-13-31-26(32)14-4-6-15(16(7-5-14)27(33)34)21-17-8-10-19(29)24(42(35,36)37)22(17)41-23-18(21)9-11-20(30)25(23)43(38,39)40/h4,6-11,29H,1-3,5,12-13,28,30H2,(H,31,32)(H,33,34)(H,35,36,37)(H,38,39,40). The normalized spacial score (nSPS) is 14.2. The molecule has 3 aliphatic rings. The molecule has 2 aliphatic carbocycles. The van der Waals surface area contributed by atoms with Crippen LogP contribution in [0.2, 0.25) is 0 Å². The third kappa shape index (κ3) is 6.37. The van der Waals surface area contributed by atoms with Gasteiger partial charge in [0.05, 0.1) is 16.6 Å². The Balaban J connectivity index is 2.06. The Kier molecular flexibility index (Phi) is 8.89. The minimum atomic E-state index is -5.15. The molecule has 1 aromatic rings. The fraction of sp³-hybridized carbons (Fsp3) is 0.222. The molecule has 16 heteroatoms. The average Bonchev–Trinajstić information content (AvgIpc) is 3.13. The van der Waals surface area contributed by atoms with Crippen molar-refractivity contribution in [1.29, 1.82) is 5.41 Å². The molecular formula is C27H28N4O10S2. The maximum absolute atomic E-state index is 12.9. The number of carboxylic acid groups (broad SMARTS) is 1. The van der Waals surface area contributed by atoms with Gasteiger partial charge in [-0.1, -0.05) is 24.6 Å². The lowest BCUT2D eigenvalue weighted by atomic mass is 9.89. The number of anilines is 1. The summed E-state index contributed by atoms with van der Waals surface area (Å²) in [6.07, 6.45) is 6.15. The largest absolute Gasteiger partial charge is 0.478 e. The van der Waals surface area contributed by atoms with Gasteiger partial charge in [0.15, 0.2) is 21.1 Å². The molecule has 0 atom stereocenters. The van der Waals surface area contributed by atoms with Gasteiger partial charge in [-0.15, -0.1) is 0 Å². The monoisotopic (exact) mass is 632 g/mol. The summed E-state index contributed by atoms with van der Waals surface area (Å²) in [5.41, 5.74) is 9.76. The van der Waals surface area contributed by atoms with Gasteiger partial charge < -0.3 is 26.3 Å². The predicted octanol–water partition coefficient (Wildman–Crippen LogP) is 2.06. The molecule has 1 heterocycles. The quantitative estimate of drug-likeness (QED) is 0.0733. The predicted molar refractivity (Wildman–Crippen MR) is 155 cm³/mol. The van der Waals surface area contributed by atoms with E-state index in [2.05, 4.69) is 5.32 Å². The molecule has 4 rings (SSSR count). The van der Waals surface area contributed by atoms with Crippen LogP contribution < -0.4 is 22.1 Å². The molecular weight excluding hydrogens is 604 g/mol. The lowest BCUT2D eigenvalue weighted by molar-refractivity contribution is -0.132. The number of fused-ring (bicyclic) bond motifs is 2. The zero-order valence-corrected chi connectivity index (χ0v) is 24.1. The summed E-state index contributed by atoms with van der Waals surface area (Å²) in [6, 6.07) is 4.67. The fourth-order valence-corrected chi connectivity index (χ4v) is 6.29. The van der Waals surface area contributed by atoms with Crippen LogP contribution in [0.4, 0.5) is 5.69 Å². The number of nitrogens with one attached hydrogen (secondary N) is 2. The number of carboxylic acids is 1. The smallest absolute Gasteiger partial charge is 0.336 e. The zero-order chi connectivity index (χ0) is 31.7. The van der Waals surface area contributed by atoms with Crippen molar-refractivity contribution in [2.75, 3.05) is 18.8 Å². The molecule has 0 radical (unpaired) electrons. The molecule has 0 fully saturated rings. The number of unbranched alkanes of at least 4 members (excludes halogenated alkanes) is 2. The van der Waals surface area contributed by atoms with Crippen LogP contribution in [-0.2, 0) is 29.8 Å². The summed E-state index contributed by atoms with van der Waals surface area (Å²) in [5, 5.41) is 20.2. The first-order chi connectivity index (χ1) is 20.2. The van der Waals surface area contributed by atoms with Crippen molar-refractivity contribution in [1.82, 2.24) is 5.32 Å². The Bertz CT molecular complexity index is 1990. The van der Waals surface area contributed by atoms with Gasteiger partial charge in [-0.2, -0.15) is 16.8 Å². The molecule has 43 heavy (non-hydrogen) atoms. The lowest BCUT2D eigenvalue weighted by Gasteiger charge is -2.20. The molecule has 14 nitrogen and oxygen atoms in total. The van der Waals surface area contributed by atoms with Gasteiger partial charge in [0.25, 0.3) is 20.2 Å². The Morgan fingerprint density at radius 3 is 2.30 bits per heavy atom. The van der Waals surface area contributed by atoms with E-state index in [9.17, 15) is 40.6 Å². The van der Waals surface area contributed by atoms with Crippen LogP contribution in [0, 0.1) is 5.41 Å². The molecule has 0 saturated carbocycles. The van der Waals surface area contributed by atoms with E-state index in [1.165, 1.54) is 30.4 Å². The van der Waals surface area contributed by atoms with E-state index in [-0.39, 0.29) is 39.7 Å². The van der Waals surface area contributed by atoms with Gasteiger partial charge >= 0.3 is 5.97 Å². The van der Waals surface area contributed by atoms with Crippen LogP contribution in [0.5, 0.6) is 0 Å². The highest BCUT2D eigenvalue weighted by Crippen LogP contribution is 2.45. The van der Waals surface area contributed by atoms with E-state index < -0.39 is 64.3 Å². The average molecular weight is 633 g/mol. The van der Waals surface area contributed by atoms with Crippen molar-refractivity contribution in [2.24, 2.45) is 5.73 Å². The number of hydrogen-bond acceptors (Lipinski definition) is 10. The van der Waals surface area contributed by atoms with E-state index in [1.807, 2.05) is 0 Å². The first kappa shape index (κ1) is 31.6. The molecule has 0 unspecified atom stereocenters. The Labute approximate surface area is 245 Å². The van der Waals surface area contributed by atoms with Gasteiger partial charge in [-0.3, -0.25) is 19.3 Å². The SMILES string of the molecule is N=c1ccc2c(C3=CC=C(C(=O)NCCCCCN)CC=C3C(=O)O)c3ccc(N)c(S(=O)(=O)O)c3oc-2c1S(=O)(=O)O. The van der Waals surface area contributed by atoms with Crippen molar-refractivity contribution >= 4 is 54.3 Å². The molecule has 0 aromatic heterocycles. The summed E-state index contributed by atoms with van der Waals surface area (Å²) in [6.45, 7) is 0.893. The number of carbonyl (C=O) groups is 2. The minimum Gasteiger partial charge on any atom is -0.478 e. The number of nitrogens with two attached hydrogens (primary N) is 2. The second-order valence-electron chi connectivity index (χ2n) is 9.61. The van der Waals surface area contributed by atoms with E-state index in [0.717, 1.165) is 25.0 Å². The Morgan fingerprint density at radius 1 is 0.977 bits per heavy atom. The molecule has 1 aliphatic heterocycles. The summed E-state index contributed by atoms with van der Waals surface area (Å²) >= 11 is 0. The van der Waals surface area contributed by atoms with Crippen LogP contribution in [0.25, 0.3) is 27.9 Å². The van der Waals surface area contributed by atoms with Crippen molar-refractivity contribution < 1.29 is 45.1 Å². The van der Waals surface area contributed by atoms with Crippen molar-refractivity contribution in [3.8, 4) is 11.3 Å². The molecule has 0 saturated heterocycles. The molecule has 228 valence electrons. The van der Waals surface area contributed by atoms with Crippen LogP contribution >= 0.6 is 0 Å². The van der Waals surface area contributed by atoms with Crippen molar-refractivity contribution in [3.63, 3.8) is 0 Å². The number of hydrogen-bond donors (Lipinski definition) is 7. The van der Waals surface area contributed by atoms with Gasteiger partial charge in [-0.25, -0.2) is 4.79 Å². The highest BCUT2D eigenvalue weighted by Gasteiger charge is 2.32. The lowest BCUT2D eigenvalue weighted by Crippen LogP contribution is -2.26. The second-order valence-corrected chi connectivity index (χ2v) is 12.3. The van der Waals surface area contributed by atoms with Gasteiger partial charge in [-0.05, 0) is 55.6 Å². The first-order valence-corrected chi connectivity index (χ1v) is 15.7. The zero-order valence-electron chi connectivity index (χ0n) is 22.5. The molecule has 0 bridgehead atoms. The number of nitrogen functional groups attached to an aromatic ring is 1. The highest BCUT2D eigenvalue weighted by atomic mass is 32.2. The highest BCUT2D eigenvalue weighted by molar-refractivity contribution is 7.86. The van der Waals surface area contributed by atoms with Crippen LogP contribution in [-0.4, -0.2) is 56.0 Å². The number of rotatable bonds is 10. The number of benzene rings is 2. The first-order valence-electron chi connectivity index (χ1n) is 12.8. The van der Waals surface area contributed by atoms with E-state index >= 15 is 0 Å². The van der Waals surface area contributed by atoms with E-state index in [4.69, 9.17) is 21.3 Å². The summed E-state index contributed by atoms with van der Waals surface area (Å²) in [5.74, 6) is -2.57. The third-order valence-corrected chi connectivity index (χ3v) is 8.60. The van der Waals surface area contributed by atoms with Crippen LogP contribution in [0.3, 0.4) is 0 Å². The summed E-state index contributed by atoms with van der Waals surface area (Å²) in [4.78, 5) is 23.4. The molecule has 1 amide bonds. The topological polar surface area (TPSA) is 264 Å². The number of allylic oxidation sites excluding steroid dienone is 3. The van der Waals surface area contributed by atoms with Gasteiger partial charge in [0, 0.05) is 28.6 Å². The molecule has 0 spiro atoms. The number of carbonyl (C=O) groups excluding carboxylic acids is 1. The van der Waals surface area contributed by atoms with Gasteiger partial charge in [0.2, 0.25) is 5.91 Å². The second kappa shape index (κ2) is 12.1. The van der Waals surface area contributed by atoms with Crippen molar-refractivity contribution in [3.05, 3.63) is 64.6 Å². The molecule has 1 aromatic carbocycles. The fourth-order valence-electron chi connectivity index (χ4n) is 4.81. The summed E-state index contributed by atoms with van der Waals surface area (Å²) < 4.78 is 75.0.